The van der Waals surface area contributed by atoms with Crippen molar-refractivity contribution in [1.29, 1.82) is 0 Å². The Labute approximate surface area is 97.7 Å². The summed E-state index contributed by atoms with van der Waals surface area (Å²) in [6, 6.07) is 3.97. The van der Waals surface area contributed by atoms with Crippen molar-refractivity contribution >= 4 is 44.4 Å². The van der Waals surface area contributed by atoms with Crippen molar-refractivity contribution in [3.8, 4) is 10.6 Å². The van der Waals surface area contributed by atoms with E-state index in [1.807, 2.05) is 17.5 Å². The maximum atomic E-state index is 11.0. The maximum Gasteiger partial charge on any atom is 0.188 e. The molecular formula is C9H6BrNOS2. The van der Waals surface area contributed by atoms with Crippen molar-refractivity contribution in [1.82, 2.24) is 4.98 Å². The summed E-state index contributed by atoms with van der Waals surface area (Å²) in [5.41, 5.74) is 0.885. The predicted octanol–water partition coefficient (Wildman–Crippen LogP) is 3.84. The van der Waals surface area contributed by atoms with E-state index in [1.165, 1.54) is 18.3 Å². The molecule has 0 amide bonds. The van der Waals surface area contributed by atoms with Crippen LogP contribution in [0, 0.1) is 0 Å². The van der Waals surface area contributed by atoms with Gasteiger partial charge in [-0.25, -0.2) is 4.98 Å². The minimum Gasteiger partial charge on any atom is -0.292 e. The summed E-state index contributed by atoms with van der Waals surface area (Å²) in [4.78, 5) is 16.4. The fourth-order valence-electron chi connectivity index (χ4n) is 1.00. The molecule has 0 radical (unpaired) electrons. The van der Waals surface area contributed by atoms with Crippen LogP contribution in [0.5, 0.6) is 0 Å². The number of Topliss-reactive ketones (excluding diaryl/α,β-unsaturated/α-hetero) is 1. The lowest BCUT2D eigenvalue weighted by Gasteiger charge is -1.87. The summed E-state index contributed by atoms with van der Waals surface area (Å²) < 4.78 is 1.07. The van der Waals surface area contributed by atoms with Crippen LogP contribution < -0.4 is 0 Å². The van der Waals surface area contributed by atoms with E-state index in [2.05, 4.69) is 20.9 Å². The van der Waals surface area contributed by atoms with Crippen LogP contribution in [-0.4, -0.2) is 10.8 Å². The normalized spacial score (nSPS) is 10.4. The number of hydrogen-bond acceptors (Lipinski definition) is 4. The SMILES string of the molecule is CC(=O)c1nc(-c2ccc(Br)s2)cs1. The second-order valence-corrected chi connectivity index (χ2v) is 6.02. The molecule has 0 saturated heterocycles. The van der Waals surface area contributed by atoms with Gasteiger partial charge < -0.3 is 0 Å². The number of hydrogen-bond donors (Lipinski definition) is 0. The first kappa shape index (κ1) is 10.0. The van der Waals surface area contributed by atoms with Crippen molar-refractivity contribution in [3.05, 3.63) is 26.3 Å². The van der Waals surface area contributed by atoms with Crippen LogP contribution in [-0.2, 0) is 0 Å². The van der Waals surface area contributed by atoms with Gasteiger partial charge in [0, 0.05) is 12.3 Å². The van der Waals surface area contributed by atoms with E-state index in [9.17, 15) is 4.79 Å². The Kier molecular flexibility index (Phi) is 2.80. The molecule has 2 aromatic heterocycles. The third-order valence-corrected chi connectivity index (χ3v) is 4.22. The standard InChI is InChI=1S/C9H6BrNOS2/c1-5(12)9-11-6(4-13-9)7-2-3-8(10)14-7/h2-4H,1H3. The number of carbonyl (C=O) groups is 1. The van der Waals surface area contributed by atoms with Crippen molar-refractivity contribution in [2.45, 2.75) is 6.92 Å². The Morgan fingerprint density at radius 3 is 2.79 bits per heavy atom. The molecule has 0 spiro atoms. The lowest BCUT2D eigenvalue weighted by atomic mass is 10.4. The zero-order chi connectivity index (χ0) is 10.1. The van der Waals surface area contributed by atoms with Gasteiger partial charge in [-0.05, 0) is 28.1 Å². The fraction of sp³-hybridized carbons (Fsp3) is 0.111. The van der Waals surface area contributed by atoms with E-state index < -0.39 is 0 Å². The highest BCUT2D eigenvalue weighted by Crippen LogP contribution is 2.31. The molecule has 14 heavy (non-hydrogen) atoms. The average Bonchev–Trinajstić information content (AvgIpc) is 2.70. The lowest BCUT2D eigenvalue weighted by Crippen LogP contribution is -1.89. The molecule has 0 aliphatic rings. The molecule has 2 rings (SSSR count). The first-order valence-corrected chi connectivity index (χ1v) is 6.38. The van der Waals surface area contributed by atoms with E-state index in [0.717, 1.165) is 14.4 Å². The van der Waals surface area contributed by atoms with Gasteiger partial charge in [0.05, 0.1) is 14.4 Å². The summed E-state index contributed by atoms with van der Waals surface area (Å²) >= 11 is 6.40. The van der Waals surface area contributed by atoms with E-state index in [0.29, 0.717) is 5.01 Å². The second-order valence-electron chi connectivity index (χ2n) is 2.70. The van der Waals surface area contributed by atoms with Crippen LogP contribution >= 0.6 is 38.6 Å². The van der Waals surface area contributed by atoms with E-state index >= 15 is 0 Å². The van der Waals surface area contributed by atoms with Crippen LogP contribution in [0.25, 0.3) is 10.6 Å². The first-order valence-electron chi connectivity index (χ1n) is 3.89. The number of thiophene rings is 1. The zero-order valence-corrected chi connectivity index (χ0v) is 10.5. The van der Waals surface area contributed by atoms with Crippen molar-refractivity contribution < 1.29 is 4.79 Å². The van der Waals surface area contributed by atoms with Gasteiger partial charge in [0.25, 0.3) is 0 Å². The molecule has 0 atom stereocenters. The zero-order valence-electron chi connectivity index (χ0n) is 7.28. The topological polar surface area (TPSA) is 30.0 Å². The van der Waals surface area contributed by atoms with Gasteiger partial charge in [-0.15, -0.1) is 22.7 Å². The van der Waals surface area contributed by atoms with E-state index in [1.54, 1.807) is 11.3 Å². The molecule has 2 nitrogen and oxygen atoms in total. The van der Waals surface area contributed by atoms with Gasteiger partial charge >= 0.3 is 0 Å². The third-order valence-electron chi connectivity index (χ3n) is 1.63. The van der Waals surface area contributed by atoms with Gasteiger partial charge in [0.15, 0.2) is 10.8 Å². The van der Waals surface area contributed by atoms with Crippen LogP contribution in [0.2, 0.25) is 0 Å². The highest BCUT2D eigenvalue weighted by atomic mass is 79.9. The largest absolute Gasteiger partial charge is 0.292 e. The number of halogens is 1. The highest BCUT2D eigenvalue weighted by molar-refractivity contribution is 9.11. The van der Waals surface area contributed by atoms with Gasteiger partial charge in [0.1, 0.15) is 0 Å². The number of thiazole rings is 1. The quantitative estimate of drug-likeness (QED) is 0.786. The minimum absolute atomic E-state index is 0.0249. The molecular weight excluding hydrogens is 282 g/mol. The molecule has 72 valence electrons. The lowest BCUT2D eigenvalue weighted by molar-refractivity contribution is 0.101. The summed E-state index contributed by atoms with van der Waals surface area (Å²) in [5, 5.41) is 2.49. The maximum absolute atomic E-state index is 11.0. The molecule has 2 heterocycles. The summed E-state index contributed by atoms with van der Waals surface area (Å²) in [5.74, 6) is 0.0249. The number of nitrogens with zero attached hydrogens (tertiary/aromatic N) is 1. The molecule has 5 heteroatoms. The Bertz CT molecular complexity index is 475. The van der Waals surface area contributed by atoms with Gasteiger partial charge in [0.2, 0.25) is 0 Å². The molecule has 2 aromatic rings. The minimum atomic E-state index is 0.0249. The predicted molar refractivity (Wildman–Crippen MR) is 63.1 cm³/mol. The third kappa shape index (κ3) is 1.94. The highest BCUT2D eigenvalue weighted by Gasteiger charge is 2.09. The monoisotopic (exact) mass is 287 g/mol. The van der Waals surface area contributed by atoms with Crippen LogP contribution in [0.15, 0.2) is 21.3 Å². The van der Waals surface area contributed by atoms with Crippen molar-refractivity contribution in [2.24, 2.45) is 0 Å². The fourth-order valence-corrected chi connectivity index (χ4v) is 3.14. The smallest absolute Gasteiger partial charge is 0.188 e. The number of rotatable bonds is 2. The molecule has 0 bridgehead atoms. The van der Waals surface area contributed by atoms with Gasteiger partial charge in [-0.3, -0.25) is 4.79 Å². The Balaban J connectivity index is 2.38. The number of carbonyl (C=O) groups excluding carboxylic acids is 1. The van der Waals surface area contributed by atoms with E-state index in [4.69, 9.17) is 0 Å². The molecule has 0 aliphatic heterocycles. The molecule has 0 aliphatic carbocycles. The van der Waals surface area contributed by atoms with Crippen molar-refractivity contribution in [2.75, 3.05) is 0 Å². The molecule has 0 unspecified atom stereocenters. The first-order chi connectivity index (χ1) is 6.66. The summed E-state index contributed by atoms with van der Waals surface area (Å²) in [7, 11) is 0. The Hall–Kier alpha value is -0.520. The van der Waals surface area contributed by atoms with Crippen LogP contribution in [0.4, 0.5) is 0 Å². The number of ketones is 1. The molecule has 0 saturated carbocycles. The average molecular weight is 288 g/mol. The molecule has 0 aromatic carbocycles. The van der Waals surface area contributed by atoms with E-state index in [-0.39, 0.29) is 5.78 Å². The second kappa shape index (κ2) is 3.92. The van der Waals surface area contributed by atoms with Crippen molar-refractivity contribution in [3.63, 3.8) is 0 Å². The molecule has 0 fully saturated rings. The summed E-state index contributed by atoms with van der Waals surface area (Å²) in [6.45, 7) is 1.53. The van der Waals surface area contributed by atoms with Gasteiger partial charge in [-0.2, -0.15) is 0 Å². The van der Waals surface area contributed by atoms with Crippen LogP contribution in [0.3, 0.4) is 0 Å². The molecule has 0 N–H and O–H groups in total. The summed E-state index contributed by atoms with van der Waals surface area (Å²) in [6.07, 6.45) is 0. The Morgan fingerprint density at radius 2 is 2.29 bits per heavy atom. The Morgan fingerprint density at radius 1 is 1.50 bits per heavy atom. The number of aromatic nitrogens is 1. The van der Waals surface area contributed by atoms with Gasteiger partial charge in [-0.1, -0.05) is 0 Å². The van der Waals surface area contributed by atoms with Crippen LogP contribution in [0.1, 0.15) is 16.7 Å².